The topological polar surface area (TPSA) is 82.5 Å². The standard InChI is InChI=1S/C13H21N3O3S/c1-8(13(2,3)4)16(5)12(19)14-6-10-15-9(7-20-10)11(17)18/h7-8H,6H2,1-5H3,(H,14,19)(H,17,18). The van der Waals surface area contributed by atoms with Crippen LogP contribution in [-0.4, -0.2) is 40.1 Å². The lowest BCUT2D eigenvalue weighted by Gasteiger charge is -2.35. The van der Waals surface area contributed by atoms with Gasteiger partial charge in [-0.15, -0.1) is 11.3 Å². The molecule has 6 nitrogen and oxygen atoms in total. The van der Waals surface area contributed by atoms with Crippen molar-refractivity contribution in [2.24, 2.45) is 5.41 Å². The van der Waals surface area contributed by atoms with E-state index < -0.39 is 5.97 Å². The highest BCUT2D eigenvalue weighted by Gasteiger charge is 2.26. The van der Waals surface area contributed by atoms with E-state index >= 15 is 0 Å². The van der Waals surface area contributed by atoms with Crippen LogP contribution in [0.2, 0.25) is 0 Å². The third-order valence-corrected chi connectivity index (χ3v) is 4.17. The molecule has 2 N–H and O–H groups in total. The van der Waals surface area contributed by atoms with Gasteiger partial charge in [0.25, 0.3) is 0 Å². The minimum Gasteiger partial charge on any atom is -0.476 e. The van der Waals surface area contributed by atoms with E-state index in [-0.39, 0.29) is 29.7 Å². The van der Waals surface area contributed by atoms with E-state index in [4.69, 9.17) is 5.11 Å². The van der Waals surface area contributed by atoms with Gasteiger partial charge < -0.3 is 15.3 Å². The highest BCUT2D eigenvalue weighted by atomic mass is 32.1. The number of carboxylic acid groups (broad SMARTS) is 1. The van der Waals surface area contributed by atoms with Crippen LogP contribution in [0.15, 0.2) is 5.38 Å². The van der Waals surface area contributed by atoms with Crippen LogP contribution >= 0.6 is 11.3 Å². The van der Waals surface area contributed by atoms with Crippen LogP contribution < -0.4 is 5.32 Å². The number of thiazole rings is 1. The molecule has 1 heterocycles. The van der Waals surface area contributed by atoms with Crippen LogP contribution in [0.25, 0.3) is 0 Å². The molecule has 1 rings (SSSR count). The Bertz CT molecular complexity index is 493. The van der Waals surface area contributed by atoms with E-state index in [1.54, 1.807) is 11.9 Å². The molecule has 1 aromatic heterocycles. The largest absolute Gasteiger partial charge is 0.476 e. The van der Waals surface area contributed by atoms with Crippen LogP contribution in [0.5, 0.6) is 0 Å². The summed E-state index contributed by atoms with van der Waals surface area (Å²) in [4.78, 5) is 28.3. The van der Waals surface area contributed by atoms with Crippen molar-refractivity contribution >= 4 is 23.3 Å². The summed E-state index contributed by atoms with van der Waals surface area (Å²) in [5, 5.41) is 13.6. The first-order valence-electron chi connectivity index (χ1n) is 6.31. The van der Waals surface area contributed by atoms with Gasteiger partial charge in [0.1, 0.15) is 5.01 Å². The number of nitrogens with one attached hydrogen (secondary N) is 1. The Morgan fingerprint density at radius 2 is 2.10 bits per heavy atom. The molecule has 0 saturated carbocycles. The van der Waals surface area contributed by atoms with Gasteiger partial charge in [-0.2, -0.15) is 0 Å². The maximum absolute atomic E-state index is 12.0. The summed E-state index contributed by atoms with van der Waals surface area (Å²) in [7, 11) is 1.75. The number of amides is 2. The smallest absolute Gasteiger partial charge is 0.355 e. The zero-order valence-electron chi connectivity index (χ0n) is 12.4. The van der Waals surface area contributed by atoms with Crippen LogP contribution in [0.3, 0.4) is 0 Å². The number of hydrogen-bond donors (Lipinski definition) is 2. The Morgan fingerprint density at radius 1 is 1.50 bits per heavy atom. The lowest BCUT2D eigenvalue weighted by molar-refractivity contribution is 0.0691. The number of carboxylic acids is 1. The quantitative estimate of drug-likeness (QED) is 0.894. The van der Waals surface area contributed by atoms with Crippen molar-refractivity contribution in [1.29, 1.82) is 0 Å². The highest BCUT2D eigenvalue weighted by molar-refractivity contribution is 7.09. The van der Waals surface area contributed by atoms with Crippen molar-refractivity contribution in [2.75, 3.05) is 7.05 Å². The molecule has 0 aliphatic rings. The third-order valence-electron chi connectivity index (χ3n) is 3.32. The summed E-state index contributed by atoms with van der Waals surface area (Å²) < 4.78 is 0. The second kappa shape index (κ2) is 6.21. The highest BCUT2D eigenvalue weighted by Crippen LogP contribution is 2.23. The Kier molecular flexibility index (Phi) is 5.10. The molecule has 112 valence electrons. The van der Waals surface area contributed by atoms with E-state index in [1.807, 2.05) is 6.92 Å². The first-order chi connectivity index (χ1) is 9.12. The second-order valence-electron chi connectivity index (χ2n) is 5.74. The molecule has 1 atom stereocenters. The molecule has 0 aromatic carbocycles. The van der Waals surface area contributed by atoms with Crippen molar-refractivity contribution in [3.8, 4) is 0 Å². The molecule has 7 heteroatoms. The molecule has 1 unspecified atom stereocenters. The maximum atomic E-state index is 12.0. The van der Waals surface area contributed by atoms with E-state index in [0.29, 0.717) is 5.01 Å². The van der Waals surface area contributed by atoms with E-state index in [2.05, 4.69) is 31.1 Å². The molecule has 0 spiro atoms. The lowest BCUT2D eigenvalue weighted by Crippen LogP contribution is -2.47. The van der Waals surface area contributed by atoms with E-state index in [0.717, 1.165) is 0 Å². The molecule has 0 fully saturated rings. The van der Waals surface area contributed by atoms with Crippen molar-refractivity contribution < 1.29 is 14.7 Å². The van der Waals surface area contributed by atoms with Gasteiger partial charge in [-0.1, -0.05) is 20.8 Å². The van der Waals surface area contributed by atoms with E-state index in [1.165, 1.54) is 16.7 Å². The Labute approximate surface area is 122 Å². The van der Waals surface area contributed by atoms with Crippen LogP contribution in [0.1, 0.15) is 43.2 Å². The molecule has 1 aromatic rings. The van der Waals surface area contributed by atoms with Crippen LogP contribution in [-0.2, 0) is 6.54 Å². The molecule has 2 amide bonds. The van der Waals surface area contributed by atoms with E-state index in [9.17, 15) is 9.59 Å². The zero-order chi connectivity index (χ0) is 15.5. The van der Waals surface area contributed by atoms with Gasteiger partial charge in [0.2, 0.25) is 0 Å². The molecule has 0 radical (unpaired) electrons. The van der Waals surface area contributed by atoms with Crippen molar-refractivity contribution in [1.82, 2.24) is 15.2 Å². The predicted octanol–water partition coefficient (Wildman–Crippen LogP) is 2.42. The van der Waals surface area contributed by atoms with Crippen LogP contribution in [0.4, 0.5) is 4.79 Å². The minimum atomic E-state index is -1.06. The van der Waals surface area contributed by atoms with Gasteiger partial charge in [-0.05, 0) is 12.3 Å². The average molecular weight is 299 g/mol. The van der Waals surface area contributed by atoms with Gasteiger partial charge in [-0.25, -0.2) is 14.6 Å². The van der Waals surface area contributed by atoms with Crippen LogP contribution in [0, 0.1) is 5.41 Å². The minimum absolute atomic E-state index is 0.00987. The van der Waals surface area contributed by atoms with Gasteiger partial charge >= 0.3 is 12.0 Å². The summed E-state index contributed by atoms with van der Waals surface area (Å²) in [6, 6.07) is -0.118. The van der Waals surface area contributed by atoms with Crippen molar-refractivity contribution in [2.45, 2.75) is 40.3 Å². The average Bonchev–Trinajstić information content (AvgIpc) is 2.81. The number of hydrogen-bond acceptors (Lipinski definition) is 4. The Morgan fingerprint density at radius 3 is 2.55 bits per heavy atom. The number of aromatic carboxylic acids is 1. The molecule has 20 heavy (non-hydrogen) atoms. The normalized spacial score (nSPS) is 12.8. The number of rotatable bonds is 4. The third kappa shape index (κ3) is 4.19. The molecular weight excluding hydrogens is 278 g/mol. The fraction of sp³-hybridized carbons (Fsp3) is 0.615. The second-order valence-corrected chi connectivity index (χ2v) is 6.69. The first-order valence-corrected chi connectivity index (χ1v) is 7.19. The molecule has 0 saturated heterocycles. The van der Waals surface area contributed by atoms with Gasteiger partial charge in [-0.3, -0.25) is 0 Å². The Hall–Kier alpha value is -1.63. The fourth-order valence-electron chi connectivity index (χ4n) is 1.52. The summed E-state index contributed by atoms with van der Waals surface area (Å²) >= 11 is 1.22. The van der Waals surface area contributed by atoms with Crippen molar-refractivity contribution in [3.63, 3.8) is 0 Å². The summed E-state index contributed by atoms with van der Waals surface area (Å²) in [6.45, 7) is 8.44. The summed E-state index contributed by atoms with van der Waals surface area (Å²) in [5.41, 5.74) is -0.000296. The predicted molar refractivity (Wildman–Crippen MR) is 78.0 cm³/mol. The Balaban J connectivity index is 2.56. The maximum Gasteiger partial charge on any atom is 0.355 e. The number of nitrogens with zero attached hydrogens (tertiary/aromatic N) is 2. The molecule has 0 aliphatic carbocycles. The SMILES string of the molecule is CC(N(C)C(=O)NCc1nc(C(=O)O)cs1)C(C)(C)C. The number of urea groups is 1. The molecule has 0 aliphatic heterocycles. The molecule has 0 bridgehead atoms. The van der Waals surface area contributed by atoms with Gasteiger partial charge in [0.05, 0.1) is 6.54 Å². The fourth-order valence-corrected chi connectivity index (χ4v) is 2.23. The zero-order valence-corrected chi connectivity index (χ0v) is 13.2. The van der Waals surface area contributed by atoms with Gasteiger partial charge in [0, 0.05) is 18.5 Å². The number of aromatic nitrogens is 1. The summed E-state index contributed by atoms with van der Waals surface area (Å²) in [5.74, 6) is -1.06. The van der Waals surface area contributed by atoms with Crippen molar-refractivity contribution in [3.05, 3.63) is 16.1 Å². The monoisotopic (exact) mass is 299 g/mol. The first kappa shape index (κ1) is 16.4. The lowest BCUT2D eigenvalue weighted by atomic mass is 9.87. The molecular formula is C13H21N3O3S. The number of carbonyl (C=O) groups excluding carboxylic acids is 1. The summed E-state index contributed by atoms with van der Waals surface area (Å²) in [6.07, 6.45) is 0. The van der Waals surface area contributed by atoms with Gasteiger partial charge in [0.15, 0.2) is 5.69 Å². The number of carbonyl (C=O) groups is 2.